The van der Waals surface area contributed by atoms with Crippen molar-refractivity contribution in [2.24, 2.45) is 0 Å². The molecule has 0 heterocycles. The lowest BCUT2D eigenvalue weighted by Gasteiger charge is -2.21. The summed E-state index contributed by atoms with van der Waals surface area (Å²) < 4.78 is 28.0. The molecule has 7 heteroatoms. The highest BCUT2D eigenvalue weighted by Crippen LogP contribution is 2.08. The summed E-state index contributed by atoms with van der Waals surface area (Å²) in [6.45, 7) is 6.66. The first-order valence-electron chi connectivity index (χ1n) is 5.57. The highest BCUT2D eigenvalue weighted by Gasteiger charge is 2.28. The van der Waals surface area contributed by atoms with E-state index in [1.807, 2.05) is 0 Å². The Bertz CT molecular complexity index is 408. The predicted octanol–water partition coefficient (Wildman–Crippen LogP) is 0.268. The molecule has 0 aromatic rings. The monoisotopic (exact) mass is 279 g/mol. The molecule has 1 atom stereocenters. The normalized spacial score (nSPS) is 13.8. The lowest BCUT2D eigenvalue weighted by Crippen LogP contribution is -2.44. The summed E-state index contributed by atoms with van der Waals surface area (Å²) in [5.41, 5.74) is -0.488. The van der Waals surface area contributed by atoms with E-state index >= 15 is 0 Å². The van der Waals surface area contributed by atoms with Crippen molar-refractivity contribution in [2.75, 3.05) is 12.9 Å². The van der Waals surface area contributed by atoms with Crippen LogP contribution in [0.15, 0.2) is 0 Å². The van der Waals surface area contributed by atoms with Gasteiger partial charge in [-0.05, 0) is 27.7 Å². The Morgan fingerprint density at radius 3 is 2.17 bits per heavy atom. The smallest absolute Gasteiger partial charge is 0.306 e. The number of rotatable bonds is 5. The van der Waals surface area contributed by atoms with Gasteiger partial charge in [-0.15, -0.1) is 0 Å². The molecule has 0 spiro atoms. The molecular weight excluding hydrogens is 258 g/mol. The molecule has 1 N–H and O–H groups in total. The Labute approximate surface area is 108 Å². The molecule has 0 aliphatic rings. The summed E-state index contributed by atoms with van der Waals surface area (Å²) in [6.07, 6.45) is -0.248. The Morgan fingerprint density at radius 1 is 1.28 bits per heavy atom. The Kier molecular flexibility index (Phi) is 5.79. The molecule has 0 fully saturated rings. The van der Waals surface area contributed by atoms with Crippen LogP contribution in [0, 0.1) is 0 Å². The zero-order valence-corrected chi connectivity index (χ0v) is 12.3. The maximum absolute atomic E-state index is 11.8. The van der Waals surface area contributed by atoms with Crippen molar-refractivity contribution in [1.82, 2.24) is 5.32 Å². The quantitative estimate of drug-likeness (QED) is 0.729. The molecule has 0 rings (SSSR count). The summed E-state index contributed by atoms with van der Waals surface area (Å²) in [5, 5.41) is 1.63. The van der Waals surface area contributed by atoms with Gasteiger partial charge in [-0.25, -0.2) is 8.42 Å². The molecule has 0 aliphatic carbocycles. The first kappa shape index (κ1) is 16.9. The third kappa shape index (κ3) is 6.58. The van der Waals surface area contributed by atoms with Gasteiger partial charge in [-0.1, -0.05) is 0 Å². The zero-order chi connectivity index (χ0) is 14.6. The fourth-order valence-electron chi connectivity index (χ4n) is 1.22. The number of nitrogens with one attached hydrogen (secondary N) is 1. The fourth-order valence-corrected chi connectivity index (χ4v) is 2.34. The van der Waals surface area contributed by atoms with Crippen LogP contribution in [0.3, 0.4) is 0 Å². The van der Waals surface area contributed by atoms with Crippen molar-refractivity contribution in [3.8, 4) is 0 Å². The third-order valence-corrected chi connectivity index (χ3v) is 4.20. The standard InChI is InChI=1S/C11H21NO5S/c1-8(6-10(14)17-5)18(15,16)7-9(13)12-11(2,3)4/h8H,6-7H2,1-5H3,(H,12,13). The van der Waals surface area contributed by atoms with Gasteiger partial charge in [0.2, 0.25) is 5.91 Å². The summed E-state index contributed by atoms with van der Waals surface area (Å²) >= 11 is 0. The molecule has 0 radical (unpaired) electrons. The maximum atomic E-state index is 11.8. The minimum absolute atomic E-state index is 0.248. The second kappa shape index (κ2) is 6.17. The summed E-state index contributed by atoms with van der Waals surface area (Å²) in [5.74, 6) is -1.80. The number of esters is 1. The number of hydrogen-bond acceptors (Lipinski definition) is 5. The largest absolute Gasteiger partial charge is 0.469 e. The van der Waals surface area contributed by atoms with E-state index in [1.54, 1.807) is 20.8 Å². The van der Waals surface area contributed by atoms with E-state index in [9.17, 15) is 18.0 Å². The van der Waals surface area contributed by atoms with Gasteiger partial charge in [0, 0.05) is 5.54 Å². The van der Waals surface area contributed by atoms with Crippen LogP contribution in [0.2, 0.25) is 0 Å². The first-order valence-corrected chi connectivity index (χ1v) is 7.29. The molecule has 0 aliphatic heterocycles. The maximum Gasteiger partial charge on any atom is 0.306 e. The lowest BCUT2D eigenvalue weighted by atomic mass is 10.1. The Morgan fingerprint density at radius 2 is 1.78 bits per heavy atom. The van der Waals surface area contributed by atoms with Crippen LogP contribution in [-0.4, -0.2) is 43.9 Å². The number of carbonyl (C=O) groups excluding carboxylic acids is 2. The zero-order valence-electron chi connectivity index (χ0n) is 11.4. The lowest BCUT2D eigenvalue weighted by molar-refractivity contribution is -0.140. The molecule has 106 valence electrons. The highest BCUT2D eigenvalue weighted by atomic mass is 32.2. The van der Waals surface area contributed by atoms with E-state index in [1.165, 1.54) is 14.0 Å². The molecule has 0 saturated carbocycles. The van der Waals surface area contributed by atoms with Crippen LogP contribution in [0.1, 0.15) is 34.1 Å². The summed E-state index contributed by atoms with van der Waals surface area (Å²) in [6, 6.07) is 0. The van der Waals surface area contributed by atoms with Crippen molar-refractivity contribution >= 4 is 21.7 Å². The van der Waals surface area contributed by atoms with Crippen LogP contribution >= 0.6 is 0 Å². The van der Waals surface area contributed by atoms with Gasteiger partial charge in [-0.2, -0.15) is 0 Å². The van der Waals surface area contributed by atoms with E-state index < -0.39 is 38.3 Å². The van der Waals surface area contributed by atoms with E-state index in [2.05, 4.69) is 10.1 Å². The van der Waals surface area contributed by atoms with Gasteiger partial charge >= 0.3 is 5.97 Å². The molecule has 1 unspecified atom stereocenters. The number of sulfone groups is 1. The van der Waals surface area contributed by atoms with Gasteiger partial charge in [0.25, 0.3) is 0 Å². The van der Waals surface area contributed by atoms with Gasteiger partial charge in [0.05, 0.1) is 18.8 Å². The third-order valence-electron chi connectivity index (χ3n) is 2.14. The molecular formula is C11H21NO5S. The number of amides is 1. The van der Waals surface area contributed by atoms with Gasteiger partial charge in [-0.3, -0.25) is 9.59 Å². The molecule has 0 aromatic carbocycles. The van der Waals surface area contributed by atoms with Crippen molar-refractivity contribution in [3.05, 3.63) is 0 Å². The van der Waals surface area contributed by atoms with Crippen molar-refractivity contribution < 1.29 is 22.7 Å². The fraction of sp³-hybridized carbons (Fsp3) is 0.818. The topological polar surface area (TPSA) is 89.5 Å². The number of carbonyl (C=O) groups is 2. The molecule has 0 aromatic heterocycles. The highest BCUT2D eigenvalue weighted by molar-refractivity contribution is 7.92. The van der Waals surface area contributed by atoms with Crippen LogP contribution in [0.4, 0.5) is 0 Å². The van der Waals surface area contributed by atoms with Crippen molar-refractivity contribution in [1.29, 1.82) is 0 Å². The number of ether oxygens (including phenoxy) is 1. The summed E-state index contributed by atoms with van der Waals surface area (Å²) in [4.78, 5) is 22.5. The number of hydrogen-bond donors (Lipinski definition) is 1. The van der Waals surface area contributed by atoms with Gasteiger partial charge < -0.3 is 10.1 Å². The second-order valence-corrected chi connectivity index (χ2v) is 7.62. The minimum atomic E-state index is -3.65. The molecule has 0 bridgehead atoms. The van der Waals surface area contributed by atoms with Crippen LogP contribution in [-0.2, 0) is 24.2 Å². The second-order valence-electron chi connectivity index (χ2n) is 5.20. The van der Waals surface area contributed by atoms with E-state index in [0.717, 1.165) is 0 Å². The van der Waals surface area contributed by atoms with E-state index in [-0.39, 0.29) is 6.42 Å². The molecule has 1 amide bonds. The van der Waals surface area contributed by atoms with Crippen LogP contribution in [0.5, 0.6) is 0 Å². The average Bonchev–Trinajstić information content (AvgIpc) is 2.13. The predicted molar refractivity (Wildman–Crippen MR) is 67.8 cm³/mol. The van der Waals surface area contributed by atoms with E-state index in [0.29, 0.717) is 0 Å². The van der Waals surface area contributed by atoms with Crippen LogP contribution in [0.25, 0.3) is 0 Å². The molecule has 18 heavy (non-hydrogen) atoms. The molecule has 6 nitrogen and oxygen atoms in total. The molecule has 0 saturated heterocycles. The Balaban J connectivity index is 4.57. The summed E-state index contributed by atoms with van der Waals surface area (Å²) in [7, 11) is -2.46. The number of methoxy groups -OCH3 is 1. The SMILES string of the molecule is COC(=O)CC(C)S(=O)(=O)CC(=O)NC(C)(C)C. The Hall–Kier alpha value is -1.11. The first-order chi connectivity index (χ1) is 7.98. The minimum Gasteiger partial charge on any atom is -0.469 e. The average molecular weight is 279 g/mol. The van der Waals surface area contributed by atoms with Crippen molar-refractivity contribution in [2.45, 2.75) is 44.9 Å². The van der Waals surface area contributed by atoms with Crippen LogP contribution < -0.4 is 5.32 Å². The van der Waals surface area contributed by atoms with E-state index in [4.69, 9.17) is 0 Å². The van der Waals surface area contributed by atoms with Gasteiger partial charge in [0.15, 0.2) is 9.84 Å². The van der Waals surface area contributed by atoms with Crippen molar-refractivity contribution in [3.63, 3.8) is 0 Å². The van der Waals surface area contributed by atoms with Gasteiger partial charge in [0.1, 0.15) is 5.75 Å².